The van der Waals surface area contributed by atoms with Gasteiger partial charge in [0.2, 0.25) is 5.91 Å². The van der Waals surface area contributed by atoms with E-state index in [0.29, 0.717) is 0 Å². The molecule has 1 N–H and O–H groups in total. The van der Waals surface area contributed by atoms with Gasteiger partial charge in [0.05, 0.1) is 7.11 Å². The molecule has 0 heterocycles. The highest BCUT2D eigenvalue weighted by atomic mass is 16.5. The number of hydrogen-bond donors (Lipinski definition) is 1. The van der Waals surface area contributed by atoms with Gasteiger partial charge in [-0.2, -0.15) is 0 Å². The van der Waals surface area contributed by atoms with Gasteiger partial charge in [0.25, 0.3) is 0 Å². The Labute approximate surface area is 118 Å². The van der Waals surface area contributed by atoms with E-state index in [1.54, 1.807) is 7.11 Å². The van der Waals surface area contributed by atoms with E-state index >= 15 is 0 Å². The van der Waals surface area contributed by atoms with E-state index in [1.807, 2.05) is 60.7 Å². The Morgan fingerprint density at radius 2 is 1.90 bits per heavy atom. The van der Waals surface area contributed by atoms with E-state index in [2.05, 4.69) is 5.32 Å². The number of methoxy groups -OCH3 is 1. The van der Waals surface area contributed by atoms with Crippen molar-refractivity contribution < 1.29 is 9.53 Å². The van der Waals surface area contributed by atoms with Crippen LogP contribution in [0, 0.1) is 0 Å². The van der Waals surface area contributed by atoms with Crippen molar-refractivity contribution in [1.82, 2.24) is 0 Å². The van der Waals surface area contributed by atoms with Gasteiger partial charge in [0.15, 0.2) is 0 Å². The first kappa shape index (κ1) is 13.9. The number of nitrogens with one attached hydrogen (secondary N) is 1. The zero-order valence-corrected chi connectivity index (χ0v) is 11.6. The Hall–Kier alpha value is -2.55. The van der Waals surface area contributed by atoms with Gasteiger partial charge in [-0.25, -0.2) is 0 Å². The second-order valence-electron chi connectivity index (χ2n) is 4.38. The Morgan fingerprint density at radius 1 is 1.10 bits per heavy atom. The van der Waals surface area contributed by atoms with Crippen molar-refractivity contribution in [3.05, 3.63) is 59.7 Å². The van der Waals surface area contributed by atoms with Crippen molar-refractivity contribution in [2.45, 2.75) is 6.92 Å². The van der Waals surface area contributed by atoms with Crippen LogP contribution in [0.5, 0.6) is 5.75 Å². The number of carbonyl (C=O) groups is 1. The largest absolute Gasteiger partial charge is 0.497 e. The molecular weight excluding hydrogens is 250 g/mol. The van der Waals surface area contributed by atoms with Gasteiger partial charge in [0, 0.05) is 12.6 Å². The monoisotopic (exact) mass is 267 g/mol. The van der Waals surface area contributed by atoms with Crippen LogP contribution in [0.4, 0.5) is 5.69 Å². The second-order valence-corrected chi connectivity index (χ2v) is 4.38. The van der Waals surface area contributed by atoms with Crippen molar-refractivity contribution in [2.24, 2.45) is 0 Å². The molecule has 0 aliphatic rings. The molecule has 1 amide bonds. The fourth-order valence-corrected chi connectivity index (χ4v) is 1.88. The van der Waals surface area contributed by atoms with Gasteiger partial charge < -0.3 is 10.1 Å². The lowest BCUT2D eigenvalue weighted by atomic mass is 10.1. The molecule has 2 rings (SSSR count). The smallest absolute Gasteiger partial charge is 0.221 e. The van der Waals surface area contributed by atoms with Crippen molar-refractivity contribution >= 4 is 23.7 Å². The van der Waals surface area contributed by atoms with Crippen LogP contribution in [0.25, 0.3) is 12.2 Å². The third kappa shape index (κ3) is 3.72. The third-order valence-electron chi connectivity index (χ3n) is 2.82. The first-order valence-electron chi connectivity index (χ1n) is 6.38. The van der Waals surface area contributed by atoms with Crippen LogP contribution < -0.4 is 10.1 Å². The topological polar surface area (TPSA) is 38.3 Å². The van der Waals surface area contributed by atoms with Crippen molar-refractivity contribution in [3.8, 4) is 5.75 Å². The van der Waals surface area contributed by atoms with Gasteiger partial charge in [0.1, 0.15) is 5.75 Å². The number of amides is 1. The summed E-state index contributed by atoms with van der Waals surface area (Å²) in [4.78, 5) is 11.2. The maximum atomic E-state index is 11.2. The second kappa shape index (κ2) is 6.57. The van der Waals surface area contributed by atoms with Gasteiger partial charge in [-0.3, -0.25) is 4.79 Å². The van der Waals surface area contributed by atoms with E-state index < -0.39 is 0 Å². The molecule has 0 bridgehead atoms. The van der Waals surface area contributed by atoms with Crippen LogP contribution in [0.3, 0.4) is 0 Å². The summed E-state index contributed by atoms with van der Waals surface area (Å²) in [6, 6.07) is 15.5. The van der Waals surface area contributed by atoms with Gasteiger partial charge >= 0.3 is 0 Å². The fourth-order valence-electron chi connectivity index (χ4n) is 1.88. The molecule has 0 radical (unpaired) electrons. The summed E-state index contributed by atoms with van der Waals surface area (Å²) >= 11 is 0. The summed E-state index contributed by atoms with van der Waals surface area (Å²) in [6.07, 6.45) is 3.96. The first-order valence-corrected chi connectivity index (χ1v) is 6.38. The summed E-state index contributed by atoms with van der Waals surface area (Å²) < 4.78 is 5.19. The van der Waals surface area contributed by atoms with Gasteiger partial charge in [-0.05, 0) is 29.3 Å². The number of hydrogen-bond acceptors (Lipinski definition) is 2. The Morgan fingerprint density at radius 3 is 2.65 bits per heavy atom. The zero-order valence-electron chi connectivity index (χ0n) is 11.6. The average molecular weight is 267 g/mol. The number of benzene rings is 2. The van der Waals surface area contributed by atoms with Crippen LogP contribution in [0.1, 0.15) is 18.1 Å². The molecule has 0 saturated heterocycles. The Kier molecular flexibility index (Phi) is 4.56. The minimum atomic E-state index is -0.0766. The number of ether oxygens (including phenoxy) is 1. The number of anilines is 1. The first-order chi connectivity index (χ1) is 9.69. The molecule has 0 aliphatic heterocycles. The highest BCUT2D eigenvalue weighted by Gasteiger charge is 2.00. The number of rotatable bonds is 4. The minimum absolute atomic E-state index is 0.0766. The summed E-state index contributed by atoms with van der Waals surface area (Å²) in [5.41, 5.74) is 2.81. The molecular formula is C17H17NO2. The molecule has 2 aromatic rings. The predicted octanol–water partition coefficient (Wildman–Crippen LogP) is 3.82. The summed E-state index contributed by atoms with van der Waals surface area (Å²) in [5, 5.41) is 2.82. The molecule has 102 valence electrons. The summed E-state index contributed by atoms with van der Waals surface area (Å²) in [7, 11) is 1.65. The van der Waals surface area contributed by atoms with Crippen molar-refractivity contribution in [3.63, 3.8) is 0 Å². The molecule has 0 spiro atoms. The Balaban J connectivity index is 2.24. The van der Waals surface area contributed by atoms with Crippen LogP contribution in [0.15, 0.2) is 48.5 Å². The standard InChI is InChI=1S/C17H17NO2/c1-13(19)18-17-9-4-3-7-15(17)11-10-14-6-5-8-16(12-14)20-2/h3-12H,1-2H3,(H,18,19)/b11-10+. The van der Waals surface area contributed by atoms with Gasteiger partial charge in [-0.15, -0.1) is 0 Å². The van der Waals surface area contributed by atoms with E-state index in [-0.39, 0.29) is 5.91 Å². The summed E-state index contributed by atoms with van der Waals surface area (Å²) in [6.45, 7) is 1.50. The van der Waals surface area contributed by atoms with Crippen LogP contribution in [0.2, 0.25) is 0 Å². The molecule has 20 heavy (non-hydrogen) atoms. The molecule has 0 fully saturated rings. The van der Waals surface area contributed by atoms with Crippen molar-refractivity contribution in [2.75, 3.05) is 12.4 Å². The molecule has 0 aromatic heterocycles. The normalized spacial score (nSPS) is 10.5. The highest BCUT2D eigenvalue weighted by Crippen LogP contribution is 2.19. The fraction of sp³-hybridized carbons (Fsp3) is 0.118. The lowest BCUT2D eigenvalue weighted by Crippen LogP contribution is -2.06. The Bertz CT molecular complexity index is 632. The van der Waals surface area contributed by atoms with E-state index in [9.17, 15) is 4.79 Å². The lowest BCUT2D eigenvalue weighted by Gasteiger charge is -2.06. The van der Waals surface area contributed by atoms with E-state index in [0.717, 1.165) is 22.6 Å². The molecule has 0 unspecified atom stereocenters. The lowest BCUT2D eigenvalue weighted by molar-refractivity contribution is -0.114. The quantitative estimate of drug-likeness (QED) is 0.855. The molecule has 3 nitrogen and oxygen atoms in total. The maximum Gasteiger partial charge on any atom is 0.221 e. The predicted molar refractivity (Wildman–Crippen MR) is 82.7 cm³/mol. The van der Waals surface area contributed by atoms with Crippen molar-refractivity contribution in [1.29, 1.82) is 0 Å². The van der Waals surface area contributed by atoms with Crippen LogP contribution in [-0.4, -0.2) is 13.0 Å². The molecule has 2 aromatic carbocycles. The molecule has 3 heteroatoms. The van der Waals surface area contributed by atoms with Crippen LogP contribution >= 0.6 is 0 Å². The SMILES string of the molecule is COc1cccc(/C=C/c2ccccc2NC(C)=O)c1. The minimum Gasteiger partial charge on any atom is -0.497 e. The zero-order chi connectivity index (χ0) is 14.4. The molecule has 0 aliphatic carbocycles. The average Bonchev–Trinajstić information content (AvgIpc) is 2.46. The van der Waals surface area contributed by atoms with E-state index in [4.69, 9.17) is 4.74 Å². The third-order valence-corrected chi connectivity index (χ3v) is 2.82. The van der Waals surface area contributed by atoms with E-state index in [1.165, 1.54) is 6.92 Å². The maximum absolute atomic E-state index is 11.2. The van der Waals surface area contributed by atoms with Gasteiger partial charge in [-0.1, -0.05) is 42.5 Å². The summed E-state index contributed by atoms with van der Waals surface area (Å²) in [5.74, 6) is 0.745. The molecule has 0 atom stereocenters. The number of para-hydroxylation sites is 1. The number of carbonyl (C=O) groups excluding carboxylic acids is 1. The highest BCUT2D eigenvalue weighted by molar-refractivity contribution is 5.92. The molecule has 0 saturated carbocycles. The van der Waals surface area contributed by atoms with Crippen LogP contribution in [-0.2, 0) is 4.79 Å².